The van der Waals surface area contributed by atoms with Gasteiger partial charge in [0.25, 0.3) is 0 Å². The van der Waals surface area contributed by atoms with Gasteiger partial charge in [0.2, 0.25) is 0 Å². The molecule has 0 aromatic carbocycles. The highest BCUT2D eigenvalue weighted by Gasteiger charge is 2.26. The van der Waals surface area contributed by atoms with Gasteiger partial charge in [-0.2, -0.15) is 0 Å². The number of piperidine rings is 1. The summed E-state index contributed by atoms with van der Waals surface area (Å²) in [6.07, 6.45) is 5.11. The minimum atomic E-state index is -0.328. The molecule has 112 valence electrons. The largest absolute Gasteiger partial charge is 0.389 e. The van der Waals surface area contributed by atoms with Gasteiger partial charge in [-0.25, -0.2) is 0 Å². The minimum Gasteiger partial charge on any atom is -0.389 e. The summed E-state index contributed by atoms with van der Waals surface area (Å²) in [4.78, 5) is 2.41. The summed E-state index contributed by atoms with van der Waals surface area (Å²) < 4.78 is 5.90. The highest BCUT2D eigenvalue weighted by Crippen LogP contribution is 2.27. The molecule has 19 heavy (non-hydrogen) atoms. The number of aliphatic hydroxyl groups is 1. The van der Waals surface area contributed by atoms with Crippen molar-refractivity contribution >= 4 is 0 Å². The van der Waals surface area contributed by atoms with Gasteiger partial charge in [0.05, 0.1) is 18.8 Å². The number of β-amino-alcohol motifs (C(OH)–C–C–N with tert-alkyl or cyclic N) is 1. The first-order valence-electron chi connectivity index (χ1n) is 8.06. The van der Waals surface area contributed by atoms with E-state index in [-0.39, 0.29) is 6.10 Å². The van der Waals surface area contributed by atoms with Gasteiger partial charge in [-0.3, -0.25) is 0 Å². The van der Waals surface area contributed by atoms with Crippen LogP contribution < -0.4 is 0 Å². The van der Waals surface area contributed by atoms with Gasteiger partial charge in [-0.05, 0) is 37.0 Å². The topological polar surface area (TPSA) is 32.7 Å². The van der Waals surface area contributed by atoms with Crippen LogP contribution in [-0.4, -0.2) is 48.5 Å². The number of nitrogens with zero attached hydrogens (tertiary/aromatic N) is 1. The lowest BCUT2D eigenvalue weighted by Gasteiger charge is -2.36. The van der Waals surface area contributed by atoms with Gasteiger partial charge >= 0.3 is 0 Å². The Labute approximate surface area is 118 Å². The van der Waals surface area contributed by atoms with E-state index in [1.165, 1.54) is 25.7 Å². The third kappa shape index (κ3) is 4.73. The van der Waals surface area contributed by atoms with Gasteiger partial charge in [-0.1, -0.05) is 27.2 Å². The van der Waals surface area contributed by atoms with E-state index in [1.807, 2.05) is 0 Å². The van der Waals surface area contributed by atoms with Crippen molar-refractivity contribution in [2.45, 2.75) is 58.7 Å². The molecule has 0 aromatic rings. The summed E-state index contributed by atoms with van der Waals surface area (Å²) >= 11 is 0. The third-order valence-corrected chi connectivity index (χ3v) is 4.70. The van der Waals surface area contributed by atoms with Crippen LogP contribution in [-0.2, 0) is 4.74 Å². The monoisotopic (exact) mass is 269 g/mol. The molecule has 3 nitrogen and oxygen atoms in total. The molecule has 0 spiro atoms. The maximum absolute atomic E-state index is 10.2. The average molecular weight is 269 g/mol. The van der Waals surface area contributed by atoms with E-state index < -0.39 is 0 Å². The number of rotatable bonds is 5. The summed E-state index contributed by atoms with van der Waals surface area (Å²) in [6.45, 7) is 10.4. The van der Waals surface area contributed by atoms with E-state index in [0.29, 0.717) is 18.6 Å². The normalized spacial score (nSPS) is 38.5. The number of hydrogen-bond acceptors (Lipinski definition) is 3. The molecule has 1 saturated heterocycles. The van der Waals surface area contributed by atoms with Crippen molar-refractivity contribution in [2.75, 3.05) is 26.2 Å². The lowest BCUT2D eigenvalue weighted by atomic mass is 9.92. The van der Waals surface area contributed by atoms with E-state index in [4.69, 9.17) is 4.74 Å². The number of hydrogen-bond donors (Lipinski definition) is 1. The fraction of sp³-hybridized carbons (Fsp3) is 1.00. The van der Waals surface area contributed by atoms with Crippen molar-refractivity contribution in [2.24, 2.45) is 17.8 Å². The lowest BCUT2D eigenvalue weighted by Crippen LogP contribution is -2.44. The molecule has 5 atom stereocenters. The smallest absolute Gasteiger partial charge is 0.0900 e. The van der Waals surface area contributed by atoms with E-state index in [1.54, 1.807) is 0 Å². The van der Waals surface area contributed by atoms with Gasteiger partial charge in [0.1, 0.15) is 0 Å². The molecule has 3 heteroatoms. The highest BCUT2D eigenvalue weighted by atomic mass is 16.5. The Bertz CT molecular complexity index is 261. The first-order chi connectivity index (χ1) is 9.04. The first-order valence-corrected chi connectivity index (χ1v) is 8.06. The third-order valence-electron chi connectivity index (χ3n) is 4.70. The highest BCUT2D eigenvalue weighted by molar-refractivity contribution is 4.78. The minimum absolute atomic E-state index is 0.328. The lowest BCUT2D eigenvalue weighted by molar-refractivity contribution is -0.0369. The van der Waals surface area contributed by atoms with E-state index in [9.17, 15) is 5.11 Å². The second kappa shape index (κ2) is 7.05. The Morgan fingerprint density at radius 1 is 1.16 bits per heavy atom. The molecule has 1 saturated carbocycles. The molecule has 0 bridgehead atoms. The van der Waals surface area contributed by atoms with Crippen LogP contribution in [0.2, 0.25) is 0 Å². The van der Waals surface area contributed by atoms with Crippen molar-refractivity contribution in [1.29, 1.82) is 0 Å². The molecule has 1 aliphatic carbocycles. The number of ether oxygens (including phenoxy) is 1. The van der Waals surface area contributed by atoms with Gasteiger partial charge in [-0.15, -0.1) is 0 Å². The molecule has 1 aliphatic heterocycles. The molecule has 1 heterocycles. The van der Waals surface area contributed by atoms with Crippen molar-refractivity contribution in [3.8, 4) is 0 Å². The SMILES string of the molecule is C[C@@H]1C[C@H](C)CN(C[C@H](O)CO[C@@H]2CCC[C@H]2C)C1. The maximum Gasteiger partial charge on any atom is 0.0900 e. The molecular weight excluding hydrogens is 238 g/mol. The molecule has 2 rings (SSSR count). The van der Waals surface area contributed by atoms with Crippen LogP contribution in [0.15, 0.2) is 0 Å². The Morgan fingerprint density at radius 3 is 2.42 bits per heavy atom. The van der Waals surface area contributed by atoms with Crippen LogP contribution in [0.1, 0.15) is 46.5 Å². The quantitative estimate of drug-likeness (QED) is 0.832. The molecule has 0 unspecified atom stereocenters. The Balaban J connectivity index is 1.67. The van der Waals surface area contributed by atoms with E-state index in [0.717, 1.165) is 31.5 Å². The summed E-state index contributed by atoms with van der Waals surface area (Å²) in [5, 5.41) is 10.2. The fourth-order valence-corrected chi connectivity index (χ4v) is 3.89. The maximum atomic E-state index is 10.2. The van der Waals surface area contributed by atoms with E-state index in [2.05, 4.69) is 25.7 Å². The zero-order valence-corrected chi connectivity index (χ0v) is 12.8. The standard InChI is InChI=1S/C16H31NO2/c1-12-7-13(2)9-17(8-12)10-15(18)11-19-16-6-4-5-14(16)3/h12-16,18H,4-11H2,1-3H3/t12-,13+,14-,15+,16-/m1/s1. The summed E-state index contributed by atoms with van der Waals surface area (Å²) in [7, 11) is 0. The van der Waals surface area contributed by atoms with E-state index >= 15 is 0 Å². The van der Waals surface area contributed by atoms with Gasteiger partial charge in [0.15, 0.2) is 0 Å². The second-order valence-electron chi connectivity index (χ2n) is 7.10. The van der Waals surface area contributed by atoms with Gasteiger partial charge in [0, 0.05) is 19.6 Å². The summed E-state index contributed by atoms with van der Waals surface area (Å²) in [5.74, 6) is 2.18. The van der Waals surface area contributed by atoms with Crippen LogP contribution in [0.5, 0.6) is 0 Å². The summed E-state index contributed by atoms with van der Waals surface area (Å²) in [5.41, 5.74) is 0. The Kier molecular flexibility index (Phi) is 5.67. The van der Waals surface area contributed by atoms with Gasteiger partial charge < -0.3 is 14.7 Å². The molecule has 2 aliphatic rings. The first kappa shape index (κ1) is 15.3. The zero-order chi connectivity index (χ0) is 13.8. The van der Waals surface area contributed by atoms with Crippen molar-refractivity contribution < 1.29 is 9.84 Å². The predicted octanol–water partition coefficient (Wildman–Crippen LogP) is 2.53. The molecule has 1 N–H and O–H groups in total. The molecule has 0 aromatic heterocycles. The van der Waals surface area contributed by atoms with Crippen molar-refractivity contribution in [3.05, 3.63) is 0 Å². The second-order valence-corrected chi connectivity index (χ2v) is 7.10. The van der Waals surface area contributed by atoms with Crippen LogP contribution >= 0.6 is 0 Å². The van der Waals surface area contributed by atoms with Crippen LogP contribution in [0, 0.1) is 17.8 Å². The number of aliphatic hydroxyl groups excluding tert-OH is 1. The van der Waals surface area contributed by atoms with Crippen molar-refractivity contribution in [1.82, 2.24) is 4.90 Å². The van der Waals surface area contributed by atoms with Crippen LogP contribution in [0.3, 0.4) is 0 Å². The molecular formula is C16H31NO2. The Morgan fingerprint density at radius 2 is 1.84 bits per heavy atom. The van der Waals surface area contributed by atoms with Crippen molar-refractivity contribution in [3.63, 3.8) is 0 Å². The zero-order valence-electron chi connectivity index (χ0n) is 12.8. The Hall–Kier alpha value is -0.120. The number of likely N-dealkylation sites (tertiary alicyclic amines) is 1. The molecule has 0 amide bonds. The predicted molar refractivity (Wildman–Crippen MR) is 78.1 cm³/mol. The van der Waals surface area contributed by atoms with Crippen LogP contribution in [0.25, 0.3) is 0 Å². The average Bonchev–Trinajstić information content (AvgIpc) is 2.71. The van der Waals surface area contributed by atoms with Crippen LogP contribution in [0.4, 0.5) is 0 Å². The molecule has 0 radical (unpaired) electrons. The molecule has 2 fully saturated rings. The summed E-state index contributed by atoms with van der Waals surface area (Å²) in [6, 6.07) is 0. The fourth-order valence-electron chi connectivity index (χ4n) is 3.89.